The van der Waals surface area contributed by atoms with Gasteiger partial charge in [-0.2, -0.15) is 0 Å². The Morgan fingerprint density at radius 1 is 1.35 bits per heavy atom. The number of rotatable bonds is 6. The minimum atomic E-state index is -0.655. The summed E-state index contributed by atoms with van der Waals surface area (Å²) in [6, 6.07) is 9.37. The maximum absolute atomic E-state index is 10.3. The molecule has 0 spiro atoms. The lowest BCUT2D eigenvalue weighted by atomic mass is 9.75. The lowest BCUT2D eigenvalue weighted by Crippen LogP contribution is -2.50. The van der Waals surface area contributed by atoms with Crippen LogP contribution in [0.2, 0.25) is 0 Å². The van der Waals surface area contributed by atoms with E-state index in [0.29, 0.717) is 25.0 Å². The zero-order chi connectivity index (χ0) is 14.8. The Bertz CT molecular complexity index is 436. The number of likely N-dealkylation sites (N-methyl/N-ethyl adjacent to an activating group) is 1. The normalized spacial score (nSPS) is 25.3. The van der Waals surface area contributed by atoms with Crippen LogP contribution in [0.25, 0.3) is 0 Å². The smallest absolute Gasteiger partial charge is 0.0869 e. The summed E-state index contributed by atoms with van der Waals surface area (Å²) in [5, 5.41) is 13.8. The van der Waals surface area contributed by atoms with Gasteiger partial charge in [0.15, 0.2) is 0 Å². The van der Waals surface area contributed by atoms with Crippen molar-refractivity contribution in [2.75, 3.05) is 27.2 Å². The number of aryl methyl sites for hydroxylation is 1. The minimum absolute atomic E-state index is 0.550. The molecule has 1 aliphatic carbocycles. The second-order valence-electron chi connectivity index (χ2n) is 6.90. The molecule has 0 amide bonds. The van der Waals surface area contributed by atoms with E-state index in [2.05, 4.69) is 36.5 Å². The van der Waals surface area contributed by atoms with E-state index < -0.39 is 5.60 Å². The van der Waals surface area contributed by atoms with Crippen LogP contribution in [0.4, 0.5) is 0 Å². The quantitative estimate of drug-likeness (QED) is 0.835. The van der Waals surface area contributed by atoms with Gasteiger partial charge in [-0.15, -0.1) is 0 Å². The molecule has 1 fully saturated rings. The fourth-order valence-corrected chi connectivity index (χ4v) is 3.08. The first-order valence-corrected chi connectivity index (χ1v) is 7.53. The Kier molecular flexibility index (Phi) is 4.84. The van der Waals surface area contributed by atoms with Crippen molar-refractivity contribution in [2.45, 2.75) is 44.2 Å². The van der Waals surface area contributed by atoms with Crippen molar-refractivity contribution >= 4 is 0 Å². The largest absolute Gasteiger partial charge is 0.388 e. The molecule has 0 aromatic heterocycles. The summed E-state index contributed by atoms with van der Waals surface area (Å²) in [4.78, 5) is 2.03. The molecule has 2 N–H and O–H groups in total. The molecular formula is C17H28N2O. The van der Waals surface area contributed by atoms with Crippen LogP contribution in [0, 0.1) is 6.92 Å². The third kappa shape index (κ3) is 4.30. The topological polar surface area (TPSA) is 35.5 Å². The summed E-state index contributed by atoms with van der Waals surface area (Å²) >= 11 is 0. The van der Waals surface area contributed by atoms with E-state index in [1.165, 1.54) is 24.0 Å². The van der Waals surface area contributed by atoms with Crippen molar-refractivity contribution in [1.82, 2.24) is 10.2 Å². The maximum atomic E-state index is 10.3. The highest BCUT2D eigenvalue weighted by molar-refractivity contribution is 5.27. The summed E-state index contributed by atoms with van der Waals surface area (Å²) in [7, 11) is 3.98. The number of benzene rings is 1. The molecule has 1 saturated carbocycles. The van der Waals surface area contributed by atoms with Gasteiger partial charge < -0.3 is 15.3 Å². The van der Waals surface area contributed by atoms with Crippen molar-refractivity contribution in [3.05, 3.63) is 35.4 Å². The van der Waals surface area contributed by atoms with Crippen LogP contribution in [-0.2, 0) is 0 Å². The molecule has 0 heterocycles. The van der Waals surface area contributed by atoms with Gasteiger partial charge in [0, 0.05) is 19.1 Å². The van der Waals surface area contributed by atoms with Crippen LogP contribution in [0.1, 0.15) is 36.8 Å². The zero-order valence-electron chi connectivity index (χ0n) is 13.2. The van der Waals surface area contributed by atoms with Gasteiger partial charge in [-0.05, 0) is 52.3 Å². The van der Waals surface area contributed by atoms with Gasteiger partial charge in [0.2, 0.25) is 0 Å². The second-order valence-corrected chi connectivity index (χ2v) is 6.90. The van der Waals surface area contributed by atoms with E-state index in [9.17, 15) is 5.11 Å². The highest BCUT2D eigenvalue weighted by atomic mass is 16.3. The third-order valence-corrected chi connectivity index (χ3v) is 4.08. The molecule has 1 atom stereocenters. The van der Waals surface area contributed by atoms with E-state index in [1.807, 2.05) is 25.9 Å². The van der Waals surface area contributed by atoms with E-state index >= 15 is 0 Å². The Labute approximate surface area is 123 Å². The fourth-order valence-electron chi connectivity index (χ4n) is 3.08. The fraction of sp³-hybridized carbons (Fsp3) is 0.647. The molecule has 0 saturated heterocycles. The number of hydrogen-bond acceptors (Lipinski definition) is 3. The molecule has 0 bridgehead atoms. The lowest BCUT2D eigenvalue weighted by molar-refractivity contribution is 0.0278. The standard InChI is InChI=1S/C17H28N2O/c1-13-6-5-7-14(8-13)15-9-16(10-15)18-11-17(2,20)12-19(3)4/h5-8,15-16,18,20H,9-12H2,1-4H3. The lowest BCUT2D eigenvalue weighted by Gasteiger charge is -2.38. The summed E-state index contributed by atoms with van der Waals surface area (Å²) < 4.78 is 0. The van der Waals surface area contributed by atoms with Gasteiger partial charge in [0.05, 0.1) is 5.60 Å². The van der Waals surface area contributed by atoms with Crippen LogP contribution in [-0.4, -0.2) is 48.8 Å². The third-order valence-electron chi connectivity index (χ3n) is 4.08. The van der Waals surface area contributed by atoms with Gasteiger partial charge >= 0.3 is 0 Å². The monoisotopic (exact) mass is 276 g/mol. The molecule has 1 aliphatic rings. The van der Waals surface area contributed by atoms with Crippen LogP contribution in [0.5, 0.6) is 0 Å². The Balaban J connectivity index is 1.74. The highest BCUT2D eigenvalue weighted by Gasteiger charge is 2.32. The van der Waals surface area contributed by atoms with Crippen LogP contribution in [0.3, 0.4) is 0 Å². The van der Waals surface area contributed by atoms with E-state index in [4.69, 9.17) is 0 Å². The Morgan fingerprint density at radius 2 is 2.05 bits per heavy atom. The second kappa shape index (κ2) is 6.25. The van der Waals surface area contributed by atoms with Crippen molar-refractivity contribution in [1.29, 1.82) is 0 Å². The average Bonchev–Trinajstić information content (AvgIpc) is 2.24. The predicted octanol–water partition coefficient (Wildman–Crippen LogP) is 2.14. The van der Waals surface area contributed by atoms with Gasteiger partial charge in [0.1, 0.15) is 0 Å². The number of nitrogens with one attached hydrogen (secondary N) is 1. The van der Waals surface area contributed by atoms with Crippen molar-refractivity contribution in [3.8, 4) is 0 Å². The molecule has 3 nitrogen and oxygen atoms in total. The summed E-state index contributed by atoms with van der Waals surface area (Å²) in [5.74, 6) is 0.686. The van der Waals surface area contributed by atoms with Crippen molar-refractivity contribution < 1.29 is 5.11 Å². The first kappa shape index (κ1) is 15.5. The van der Waals surface area contributed by atoms with Gasteiger partial charge in [-0.1, -0.05) is 29.8 Å². The van der Waals surface area contributed by atoms with Gasteiger partial charge in [0.25, 0.3) is 0 Å². The van der Waals surface area contributed by atoms with Gasteiger partial charge in [-0.25, -0.2) is 0 Å². The summed E-state index contributed by atoms with van der Waals surface area (Å²) in [6.07, 6.45) is 2.36. The van der Waals surface area contributed by atoms with Crippen LogP contribution >= 0.6 is 0 Å². The van der Waals surface area contributed by atoms with E-state index in [1.54, 1.807) is 0 Å². The number of aliphatic hydroxyl groups is 1. The number of hydrogen-bond donors (Lipinski definition) is 2. The molecule has 0 aliphatic heterocycles. The molecule has 2 rings (SSSR count). The van der Waals surface area contributed by atoms with Crippen molar-refractivity contribution in [2.24, 2.45) is 0 Å². The van der Waals surface area contributed by atoms with E-state index in [0.717, 1.165) is 0 Å². The molecule has 1 aromatic carbocycles. The molecule has 1 unspecified atom stereocenters. The SMILES string of the molecule is Cc1cccc(C2CC(NCC(C)(O)CN(C)C)C2)c1. The van der Waals surface area contributed by atoms with E-state index in [-0.39, 0.29) is 0 Å². The number of nitrogens with zero attached hydrogens (tertiary/aromatic N) is 1. The molecular weight excluding hydrogens is 248 g/mol. The van der Waals surface area contributed by atoms with Crippen LogP contribution < -0.4 is 5.32 Å². The molecule has 20 heavy (non-hydrogen) atoms. The first-order valence-electron chi connectivity index (χ1n) is 7.53. The average molecular weight is 276 g/mol. The molecule has 1 aromatic rings. The van der Waals surface area contributed by atoms with Crippen molar-refractivity contribution in [3.63, 3.8) is 0 Å². The van der Waals surface area contributed by atoms with Crippen LogP contribution in [0.15, 0.2) is 24.3 Å². The summed E-state index contributed by atoms with van der Waals surface area (Å²) in [6.45, 7) is 5.40. The zero-order valence-corrected chi connectivity index (χ0v) is 13.2. The molecule has 112 valence electrons. The predicted molar refractivity (Wildman–Crippen MR) is 84.1 cm³/mol. The first-order chi connectivity index (χ1) is 9.35. The molecule has 0 radical (unpaired) electrons. The van der Waals surface area contributed by atoms with Gasteiger partial charge in [-0.3, -0.25) is 0 Å². The Hall–Kier alpha value is -0.900. The molecule has 3 heteroatoms. The highest BCUT2D eigenvalue weighted by Crippen LogP contribution is 2.37. The maximum Gasteiger partial charge on any atom is 0.0869 e. The Morgan fingerprint density at radius 3 is 2.65 bits per heavy atom. The minimum Gasteiger partial charge on any atom is -0.388 e. The summed E-state index contributed by atoms with van der Waals surface area (Å²) in [5.41, 5.74) is 2.15.